The van der Waals surface area contributed by atoms with Gasteiger partial charge in [-0.05, 0) is 62.1 Å². The topological polar surface area (TPSA) is 254 Å². The molecule has 1 aliphatic heterocycles. The van der Waals surface area contributed by atoms with E-state index in [0.717, 1.165) is 23.1 Å². The van der Waals surface area contributed by atoms with Crippen molar-refractivity contribution in [3.63, 3.8) is 0 Å². The van der Waals surface area contributed by atoms with Crippen LogP contribution in [0.3, 0.4) is 0 Å². The molecular formula is C46H65N9O12. The lowest BCUT2D eigenvalue weighted by Crippen LogP contribution is -2.36. The number of amides is 2. The lowest BCUT2D eigenvalue weighted by atomic mass is 9.97. The summed E-state index contributed by atoms with van der Waals surface area (Å²) < 4.78 is 56.6. The molecule has 5 N–H and O–H groups in total. The molecule has 21 nitrogen and oxygen atoms in total. The third-order valence-electron chi connectivity index (χ3n) is 10.2. The van der Waals surface area contributed by atoms with Crippen molar-refractivity contribution in [1.82, 2.24) is 34.9 Å². The molecule has 0 saturated heterocycles. The van der Waals surface area contributed by atoms with Gasteiger partial charge in [-0.3, -0.25) is 4.79 Å². The zero-order chi connectivity index (χ0) is 47.3. The first-order valence-electron chi connectivity index (χ1n) is 22.6. The van der Waals surface area contributed by atoms with Crippen molar-refractivity contribution in [2.75, 3.05) is 130 Å². The highest BCUT2D eigenvalue weighted by molar-refractivity contribution is 5.99. The Morgan fingerprint density at radius 3 is 1.94 bits per heavy atom. The monoisotopic (exact) mass is 935 g/mol. The van der Waals surface area contributed by atoms with Gasteiger partial charge in [-0.25, -0.2) is 19.4 Å². The summed E-state index contributed by atoms with van der Waals surface area (Å²) in [5.74, 6) is 0.399. The van der Waals surface area contributed by atoms with Gasteiger partial charge in [0.25, 0.3) is 6.01 Å². The number of oxazole rings is 1. The Kier molecular flexibility index (Phi) is 20.3. The predicted octanol–water partition coefficient (Wildman–Crippen LogP) is 3.78. The van der Waals surface area contributed by atoms with Crippen LogP contribution in [0.2, 0.25) is 0 Å². The minimum Gasteiger partial charge on any atom is -0.444 e. The second-order valence-corrected chi connectivity index (χ2v) is 16.4. The zero-order valence-corrected chi connectivity index (χ0v) is 38.8. The number of rotatable bonds is 30. The van der Waals surface area contributed by atoms with E-state index in [0.29, 0.717) is 172 Å². The van der Waals surface area contributed by atoms with Crippen LogP contribution in [0, 0.1) is 0 Å². The normalized spacial score (nSPS) is 12.9. The molecule has 4 heterocycles. The summed E-state index contributed by atoms with van der Waals surface area (Å²) in [4.78, 5) is 39.5. The van der Waals surface area contributed by atoms with E-state index in [9.17, 15) is 9.59 Å². The van der Waals surface area contributed by atoms with Gasteiger partial charge in [-0.1, -0.05) is 18.2 Å². The number of ether oxygens (including phenoxy) is 9. The molecule has 2 amide bonds. The van der Waals surface area contributed by atoms with Crippen LogP contribution >= 0.6 is 0 Å². The summed E-state index contributed by atoms with van der Waals surface area (Å²) in [6.07, 6.45) is 2.04. The van der Waals surface area contributed by atoms with Crippen LogP contribution in [0.1, 0.15) is 43.9 Å². The maximum absolute atomic E-state index is 13.0. The fraction of sp³-hybridized carbons (Fsp3) is 0.565. The van der Waals surface area contributed by atoms with Crippen LogP contribution < -0.4 is 16.8 Å². The van der Waals surface area contributed by atoms with Crippen LogP contribution in [-0.2, 0) is 66.9 Å². The number of aromatic nitrogens is 5. The van der Waals surface area contributed by atoms with Crippen molar-refractivity contribution in [3.8, 4) is 11.3 Å². The molecule has 6 rings (SSSR count). The van der Waals surface area contributed by atoms with Gasteiger partial charge in [0, 0.05) is 25.2 Å². The molecule has 366 valence electrons. The largest absolute Gasteiger partial charge is 0.444 e. The Morgan fingerprint density at radius 1 is 0.731 bits per heavy atom. The van der Waals surface area contributed by atoms with Gasteiger partial charge in [0.1, 0.15) is 29.0 Å². The SMILES string of the molecule is CC(C)(C)OC(=O)NCCOCCOCCOCCOCCOCCOCCOCCOCCC(=O)N1CCc2cc(Cn3nc(-c4ccc5oc(N)nc5c4)c4c(N)ncnc43)ccc2C1. The van der Waals surface area contributed by atoms with Gasteiger partial charge >= 0.3 is 6.09 Å². The molecule has 3 aromatic heterocycles. The first-order chi connectivity index (χ1) is 32.5. The van der Waals surface area contributed by atoms with E-state index in [4.69, 9.17) is 63.6 Å². The number of fused-ring (bicyclic) bond motifs is 3. The minimum atomic E-state index is -0.524. The van der Waals surface area contributed by atoms with Crippen LogP contribution in [0.4, 0.5) is 16.6 Å². The number of carbonyl (C=O) groups excluding carboxylic acids is 2. The molecular weight excluding hydrogens is 871 g/mol. The highest BCUT2D eigenvalue weighted by Gasteiger charge is 2.23. The Morgan fingerprint density at radius 2 is 1.33 bits per heavy atom. The molecule has 0 radical (unpaired) electrons. The molecule has 67 heavy (non-hydrogen) atoms. The molecule has 0 bridgehead atoms. The third kappa shape index (κ3) is 16.9. The third-order valence-corrected chi connectivity index (χ3v) is 10.2. The number of nitrogen functional groups attached to an aromatic ring is 2. The summed E-state index contributed by atoms with van der Waals surface area (Å²) in [5.41, 5.74) is 18.2. The van der Waals surface area contributed by atoms with E-state index in [1.165, 1.54) is 11.9 Å². The summed E-state index contributed by atoms with van der Waals surface area (Å²) in [7, 11) is 0. The van der Waals surface area contributed by atoms with E-state index in [1.54, 1.807) is 6.07 Å². The average Bonchev–Trinajstić information content (AvgIpc) is 3.87. The summed E-state index contributed by atoms with van der Waals surface area (Å²) >= 11 is 0. The maximum atomic E-state index is 13.0. The van der Waals surface area contributed by atoms with Crippen molar-refractivity contribution in [2.45, 2.75) is 52.3 Å². The average molecular weight is 936 g/mol. The lowest BCUT2D eigenvalue weighted by molar-refractivity contribution is -0.133. The molecule has 0 unspecified atom stereocenters. The first kappa shape index (κ1) is 50.9. The van der Waals surface area contributed by atoms with Crippen LogP contribution in [0.5, 0.6) is 0 Å². The number of alkyl carbamates (subject to hydrolysis) is 1. The van der Waals surface area contributed by atoms with E-state index < -0.39 is 11.7 Å². The summed E-state index contributed by atoms with van der Waals surface area (Å²) in [5, 5.41) is 8.22. The fourth-order valence-corrected chi connectivity index (χ4v) is 7.02. The van der Waals surface area contributed by atoms with Crippen LogP contribution in [0.25, 0.3) is 33.4 Å². The molecule has 21 heteroatoms. The standard InChI is InChI=1S/C46H65N9O12/c1-46(2,3)67-45(57)49-10-13-59-15-17-61-19-21-63-23-25-65-27-26-64-24-22-62-20-18-60-16-14-58-12-9-39(56)54-11-8-34-28-33(4-5-36(34)31-54)30-55-43-40(42(47)50-32-51-43)41(53-55)35-6-7-38-37(29-35)52-44(48)66-38/h4-7,28-29,32H,8-27,30-31H2,1-3H3,(H2,48,52)(H,49,57)(H2,47,50,51). The second kappa shape index (κ2) is 26.7. The van der Waals surface area contributed by atoms with Crippen molar-refractivity contribution >= 4 is 46.0 Å². The van der Waals surface area contributed by atoms with E-state index in [1.807, 2.05) is 42.5 Å². The van der Waals surface area contributed by atoms with E-state index in [-0.39, 0.29) is 11.9 Å². The molecule has 0 aliphatic carbocycles. The number of nitrogens with zero attached hydrogens (tertiary/aromatic N) is 6. The molecule has 0 atom stereocenters. The van der Waals surface area contributed by atoms with Gasteiger partial charge in [0.2, 0.25) is 5.91 Å². The fourth-order valence-electron chi connectivity index (χ4n) is 7.02. The molecule has 0 saturated carbocycles. The number of anilines is 2. The minimum absolute atomic E-state index is 0.0624. The van der Waals surface area contributed by atoms with Gasteiger partial charge in [0.15, 0.2) is 11.2 Å². The highest BCUT2D eigenvalue weighted by Crippen LogP contribution is 2.33. The molecule has 5 aromatic rings. The van der Waals surface area contributed by atoms with Gasteiger partial charge in [0.05, 0.1) is 124 Å². The quantitative estimate of drug-likeness (QED) is 0.0554. The van der Waals surface area contributed by atoms with Gasteiger partial charge in [-0.15, -0.1) is 0 Å². The Balaban J connectivity index is 0.726. The van der Waals surface area contributed by atoms with Gasteiger partial charge < -0.3 is 68.7 Å². The Labute approximate surface area is 390 Å². The number of carbonyl (C=O) groups is 2. The van der Waals surface area contributed by atoms with Crippen LogP contribution in [0.15, 0.2) is 47.1 Å². The second-order valence-electron chi connectivity index (χ2n) is 16.4. The number of nitrogens with two attached hydrogens (primary N) is 2. The Bertz CT molecular complexity index is 2300. The number of hydrogen-bond donors (Lipinski definition) is 3. The van der Waals surface area contributed by atoms with Crippen molar-refractivity contribution < 1.29 is 56.6 Å². The molecule has 0 fully saturated rings. The summed E-state index contributed by atoms with van der Waals surface area (Å²) in [6, 6.07) is 12.0. The van der Waals surface area contributed by atoms with Crippen molar-refractivity contribution in [1.29, 1.82) is 0 Å². The zero-order valence-electron chi connectivity index (χ0n) is 38.8. The number of nitrogens with one attached hydrogen (secondary N) is 1. The maximum Gasteiger partial charge on any atom is 0.407 e. The van der Waals surface area contributed by atoms with Crippen LogP contribution in [-0.4, -0.2) is 166 Å². The van der Waals surface area contributed by atoms with E-state index >= 15 is 0 Å². The Hall–Kier alpha value is -5.52. The van der Waals surface area contributed by atoms with Crippen molar-refractivity contribution in [3.05, 3.63) is 59.4 Å². The number of benzene rings is 2. The molecule has 2 aromatic carbocycles. The van der Waals surface area contributed by atoms with Crippen molar-refractivity contribution in [2.24, 2.45) is 0 Å². The molecule has 0 spiro atoms. The highest BCUT2D eigenvalue weighted by atomic mass is 16.6. The van der Waals surface area contributed by atoms with E-state index in [2.05, 4.69) is 38.5 Å². The number of hydrogen-bond acceptors (Lipinski definition) is 18. The first-order valence-corrected chi connectivity index (χ1v) is 22.6. The van der Waals surface area contributed by atoms with Gasteiger partial charge in [-0.2, -0.15) is 10.1 Å². The lowest BCUT2D eigenvalue weighted by Gasteiger charge is -2.29. The summed E-state index contributed by atoms with van der Waals surface area (Å²) in [6.45, 7) is 14.4. The predicted molar refractivity (Wildman–Crippen MR) is 247 cm³/mol. The molecule has 1 aliphatic rings. The smallest absolute Gasteiger partial charge is 0.407 e.